The van der Waals surface area contributed by atoms with E-state index in [9.17, 15) is 14.5 Å². The van der Waals surface area contributed by atoms with Crippen LogP contribution in [-0.2, 0) is 16.2 Å². The molecule has 0 aromatic heterocycles. The molecule has 19 heavy (non-hydrogen) atoms. The minimum atomic E-state index is -1.43. The smallest absolute Gasteiger partial charge is 0.357 e. The number of hydrogen-bond acceptors (Lipinski definition) is 3. The van der Waals surface area contributed by atoms with Gasteiger partial charge in [-0.1, -0.05) is 12.2 Å². The summed E-state index contributed by atoms with van der Waals surface area (Å²) < 4.78 is 13.4. The first kappa shape index (κ1) is 14.2. The molecule has 1 saturated carbocycles. The summed E-state index contributed by atoms with van der Waals surface area (Å²) in [5.74, 6) is -0.725. The minimum Gasteiger partial charge on any atom is -0.592 e. The number of carbonyl (C=O) groups is 1. The van der Waals surface area contributed by atoms with Crippen molar-refractivity contribution in [2.24, 2.45) is 5.92 Å². The van der Waals surface area contributed by atoms with Crippen molar-refractivity contribution in [2.75, 3.05) is 0 Å². The molecular weight excluding hydrogens is 262 g/mol. The fraction of sp³-hybridized carbons (Fsp3) is 0.500. The lowest BCUT2D eigenvalue weighted by atomic mass is 10.1. The van der Waals surface area contributed by atoms with Crippen molar-refractivity contribution in [3.8, 4) is 0 Å². The minimum absolute atomic E-state index is 0.153. The molecule has 1 aliphatic heterocycles. The fourth-order valence-corrected chi connectivity index (χ4v) is 3.06. The van der Waals surface area contributed by atoms with Crippen LogP contribution in [0.2, 0.25) is 0 Å². The molecule has 104 valence electrons. The maximum atomic E-state index is 12.5. The van der Waals surface area contributed by atoms with Gasteiger partial charge in [0.05, 0.1) is 17.6 Å². The molecule has 0 saturated heterocycles. The number of rotatable bonds is 3. The van der Waals surface area contributed by atoms with E-state index in [1.54, 1.807) is 12.3 Å². The highest BCUT2D eigenvalue weighted by atomic mass is 32.2. The average Bonchev–Trinajstić information content (AvgIpc) is 3.11. The van der Waals surface area contributed by atoms with Gasteiger partial charge in [0.25, 0.3) is 0 Å². The van der Waals surface area contributed by atoms with Gasteiger partial charge in [-0.2, -0.15) is 4.31 Å². The Hall–Kier alpha value is -1.20. The lowest BCUT2D eigenvalue weighted by Gasteiger charge is -2.32. The van der Waals surface area contributed by atoms with Crippen LogP contribution in [0.3, 0.4) is 0 Å². The highest BCUT2D eigenvalue weighted by Crippen LogP contribution is 2.41. The van der Waals surface area contributed by atoms with Crippen LogP contribution >= 0.6 is 0 Å². The van der Waals surface area contributed by atoms with Gasteiger partial charge in [-0.15, -0.1) is 0 Å². The molecule has 0 amide bonds. The zero-order valence-corrected chi connectivity index (χ0v) is 12.2. The van der Waals surface area contributed by atoms with Crippen molar-refractivity contribution in [3.05, 3.63) is 35.7 Å². The molecule has 0 aromatic carbocycles. The van der Waals surface area contributed by atoms with E-state index in [1.165, 1.54) is 4.31 Å². The third kappa shape index (κ3) is 3.04. The van der Waals surface area contributed by atoms with Gasteiger partial charge in [-0.25, -0.2) is 4.79 Å². The van der Waals surface area contributed by atoms with Crippen molar-refractivity contribution >= 4 is 17.3 Å². The quantitative estimate of drug-likeness (QED) is 0.808. The molecule has 1 atom stereocenters. The summed E-state index contributed by atoms with van der Waals surface area (Å²) in [5.41, 5.74) is 0.941. The standard InChI is InChI=1S/C14H19NO3S/c1-14(2,3)19(18)15-9-5-4-6-11(10-7-8-10)12(15)13(16)17/h4-6,9-10H,7-8H2,1-3H3,(H,16,17). The molecule has 0 spiro atoms. The van der Waals surface area contributed by atoms with E-state index in [0.29, 0.717) is 5.92 Å². The Morgan fingerprint density at radius 1 is 1.42 bits per heavy atom. The predicted molar refractivity (Wildman–Crippen MR) is 75.4 cm³/mol. The Kier molecular flexibility index (Phi) is 3.78. The topological polar surface area (TPSA) is 63.6 Å². The highest BCUT2D eigenvalue weighted by molar-refractivity contribution is 7.90. The predicted octanol–water partition coefficient (Wildman–Crippen LogP) is 2.58. The van der Waals surface area contributed by atoms with E-state index in [4.69, 9.17) is 0 Å². The molecule has 2 rings (SSSR count). The number of carboxylic acids is 1. The number of aliphatic carboxylic acids is 1. The van der Waals surface area contributed by atoms with Crippen LogP contribution in [-0.4, -0.2) is 24.7 Å². The van der Waals surface area contributed by atoms with Crippen LogP contribution in [0.15, 0.2) is 35.7 Å². The Balaban J connectivity index is 2.45. The van der Waals surface area contributed by atoms with Crippen LogP contribution in [0.25, 0.3) is 0 Å². The molecule has 1 aliphatic carbocycles. The fourth-order valence-electron chi connectivity index (χ4n) is 1.94. The van der Waals surface area contributed by atoms with Crippen LogP contribution in [0.1, 0.15) is 33.6 Å². The molecule has 5 heteroatoms. The van der Waals surface area contributed by atoms with E-state index >= 15 is 0 Å². The van der Waals surface area contributed by atoms with E-state index in [2.05, 4.69) is 0 Å². The van der Waals surface area contributed by atoms with Gasteiger partial charge in [0.2, 0.25) is 0 Å². The zero-order chi connectivity index (χ0) is 14.2. The van der Waals surface area contributed by atoms with Crippen molar-refractivity contribution in [1.29, 1.82) is 0 Å². The normalized spacial score (nSPS) is 21.6. The van der Waals surface area contributed by atoms with Crippen LogP contribution < -0.4 is 0 Å². The highest BCUT2D eigenvalue weighted by Gasteiger charge is 2.40. The van der Waals surface area contributed by atoms with Crippen LogP contribution in [0.4, 0.5) is 0 Å². The van der Waals surface area contributed by atoms with Gasteiger partial charge in [0, 0.05) is 0 Å². The lowest BCUT2D eigenvalue weighted by molar-refractivity contribution is -0.133. The summed E-state index contributed by atoms with van der Waals surface area (Å²) in [6.45, 7) is 5.52. The van der Waals surface area contributed by atoms with Gasteiger partial charge in [-0.05, 0) is 51.2 Å². The van der Waals surface area contributed by atoms with E-state index in [-0.39, 0.29) is 5.70 Å². The lowest BCUT2D eigenvalue weighted by Crippen LogP contribution is -2.41. The Labute approximate surface area is 116 Å². The summed E-state index contributed by atoms with van der Waals surface area (Å²) in [4.78, 5) is 11.6. The number of carboxylic acid groups (broad SMARTS) is 1. The SMILES string of the molecule is CC(C)(C)[S+]([O-])N1C=CC=CC(C2CC2)=C1C(=O)O. The monoisotopic (exact) mass is 281 g/mol. The summed E-state index contributed by atoms with van der Waals surface area (Å²) in [7, 11) is 0. The molecule has 0 bridgehead atoms. The second kappa shape index (κ2) is 5.06. The second-order valence-electron chi connectivity index (χ2n) is 5.77. The summed E-state index contributed by atoms with van der Waals surface area (Å²) in [5, 5.41) is 9.49. The Bertz CT molecular complexity index is 470. The third-order valence-electron chi connectivity index (χ3n) is 3.02. The zero-order valence-electron chi connectivity index (χ0n) is 11.4. The first-order chi connectivity index (χ1) is 8.82. The largest absolute Gasteiger partial charge is 0.592 e. The average molecular weight is 281 g/mol. The van der Waals surface area contributed by atoms with Crippen molar-refractivity contribution in [3.63, 3.8) is 0 Å². The van der Waals surface area contributed by atoms with Crippen molar-refractivity contribution in [2.45, 2.75) is 38.4 Å². The van der Waals surface area contributed by atoms with Crippen LogP contribution in [0, 0.1) is 5.92 Å². The van der Waals surface area contributed by atoms with Crippen molar-refractivity contribution in [1.82, 2.24) is 4.31 Å². The first-order valence-corrected chi connectivity index (χ1v) is 7.46. The summed E-state index contributed by atoms with van der Waals surface area (Å²) >= 11 is -1.43. The number of allylic oxidation sites excluding steroid dienone is 4. The molecule has 1 N–H and O–H groups in total. The van der Waals surface area contributed by atoms with Crippen molar-refractivity contribution < 1.29 is 14.5 Å². The molecule has 4 nitrogen and oxygen atoms in total. The first-order valence-electron chi connectivity index (χ1n) is 6.36. The maximum absolute atomic E-state index is 12.5. The van der Waals surface area contributed by atoms with E-state index in [1.807, 2.05) is 32.9 Å². The van der Waals surface area contributed by atoms with Gasteiger partial charge in [0.1, 0.15) is 4.75 Å². The summed E-state index contributed by atoms with van der Waals surface area (Å²) in [6, 6.07) is 0. The van der Waals surface area contributed by atoms with Gasteiger partial charge >= 0.3 is 5.97 Å². The van der Waals surface area contributed by atoms with E-state index < -0.39 is 22.1 Å². The Morgan fingerprint density at radius 2 is 2.05 bits per heavy atom. The third-order valence-corrected chi connectivity index (χ3v) is 4.73. The van der Waals surface area contributed by atoms with Gasteiger partial charge < -0.3 is 9.66 Å². The second-order valence-corrected chi connectivity index (χ2v) is 7.89. The molecule has 0 radical (unpaired) electrons. The van der Waals surface area contributed by atoms with Gasteiger partial charge in [-0.3, -0.25) is 0 Å². The van der Waals surface area contributed by atoms with Crippen LogP contribution in [0.5, 0.6) is 0 Å². The summed E-state index contributed by atoms with van der Waals surface area (Å²) in [6.07, 6.45) is 8.99. The molecule has 0 aromatic rings. The van der Waals surface area contributed by atoms with E-state index in [0.717, 1.165) is 18.4 Å². The molecule has 1 fully saturated rings. The molecular formula is C14H19NO3S. The molecule has 1 unspecified atom stereocenters. The number of hydrogen-bond donors (Lipinski definition) is 1. The molecule has 2 aliphatic rings. The molecule has 1 heterocycles. The van der Waals surface area contributed by atoms with Gasteiger partial charge in [0.15, 0.2) is 5.70 Å². The number of nitrogens with zero attached hydrogens (tertiary/aromatic N) is 1. The maximum Gasteiger partial charge on any atom is 0.357 e. The Morgan fingerprint density at radius 3 is 2.53 bits per heavy atom.